The van der Waals surface area contributed by atoms with E-state index >= 15 is 0 Å². The van der Waals surface area contributed by atoms with E-state index in [4.69, 9.17) is 9.84 Å². The van der Waals surface area contributed by atoms with Gasteiger partial charge < -0.3 is 9.84 Å². The van der Waals surface area contributed by atoms with Crippen LogP contribution >= 0.6 is 0 Å². The van der Waals surface area contributed by atoms with Crippen LogP contribution in [0.5, 0.6) is 0 Å². The minimum absolute atomic E-state index is 0.0241. The lowest BCUT2D eigenvalue weighted by molar-refractivity contribution is 0.124. The molecule has 1 aliphatic heterocycles. The van der Waals surface area contributed by atoms with Crippen molar-refractivity contribution in [3.8, 4) is 0 Å². The highest BCUT2D eigenvalue weighted by Crippen LogP contribution is 2.30. The van der Waals surface area contributed by atoms with Gasteiger partial charge in [0.25, 0.3) is 0 Å². The maximum Gasteiger partial charge on any atom is 0.414 e. The number of benzene rings is 1. The smallest absolute Gasteiger partial charge is 0.414 e. The average molecular weight is 249 g/mol. The number of carbonyl (C=O) groups is 1. The van der Waals surface area contributed by atoms with Crippen LogP contribution in [0.15, 0.2) is 18.2 Å². The molecular formula is C14H19NO3. The molecule has 1 atom stereocenters. The van der Waals surface area contributed by atoms with Crippen LogP contribution in [0.1, 0.15) is 24.0 Å². The summed E-state index contributed by atoms with van der Waals surface area (Å²) in [7, 11) is 0. The summed E-state index contributed by atoms with van der Waals surface area (Å²) < 4.78 is 5.14. The number of anilines is 1. The summed E-state index contributed by atoms with van der Waals surface area (Å²) in [6, 6.07) is 5.97. The van der Waals surface area contributed by atoms with Crippen molar-refractivity contribution in [2.45, 2.75) is 32.7 Å². The van der Waals surface area contributed by atoms with Crippen LogP contribution < -0.4 is 4.90 Å². The van der Waals surface area contributed by atoms with Gasteiger partial charge in [-0.25, -0.2) is 4.79 Å². The van der Waals surface area contributed by atoms with Gasteiger partial charge in [-0.2, -0.15) is 0 Å². The Morgan fingerprint density at radius 3 is 2.67 bits per heavy atom. The van der Waals surface area contributed by atoms with Crippen LogP contribution in [0.3, 0.4) is 0 Å². The van der Waals surface area contributed by atoms with Crippen LogP contribution in [-0.2, 0) is 4.74 Å². The van der Waals surface area contributed by atoms with Crippen molar-refractivity contribution in [3.05, 3.63) is 29.3 Å². The number of hydrogen-bond donors (Lipinski definition) is 1. The summed E-state index contributed by atoms with van der Waals surface area (Å²) >= 11 is 0. The van der Waals surface area contributed by atoms with Gasteiger partial charge in [-0.1, -0.05) is 18.2 Å². The lowest BCUT2D eigenvalue weighted by atomic mass is 10.0. The standard InChI is InChI=1S/C14H19NO3/c1-10-4-3-5-11(2)13(10)15-12(6-8-16)7-9-18-14(15)17/h3-5,12,16H,6-9H2,1-2H3. The van der Waals surface area contributed by atoms with Gasteiger partial charge in [0.2, 0.25) is 0 Å². The molecule has 0 bridgehead atoms. The van der Waals surface area contributed by atoms with Crippen LogP contribution in [-0.4, -0.2) is 30.5 Å². The first-order valence-electron chi connectivity index (χ1n) is 6.28. The second kappa shape index (κ2) is 5.40. The van der Waals surface area contributed by atoms with Gasteiger partial charge in [0.1, 0.15) is 0 Å². The number of hydrogen-bond acceptors (Lipinski definition) is 3. The molecule has 0 spiro atoms. The van der Waals surface area contributed by atoms with Crippen molar-refractivity contribution in [1.82, 2.24) is 0 Å². The molecule has 0 aromatic heterocycles. The lowest BCUT2D eigenvalue weighted by Gasteiger charge is -2.36. The molecule has 0 radical (unpaired) electrons. The van der Waals surface area contributed by atoms with E-state index in [0.29, 0.717) is 13.0 Å². The summed E-state index contributed by atoms with van der Waals surface area (Å²) in [4.78, 5) is 13.7. The monoisotopic (exact) mass is 249 g/mol. The summed E-state index contributed by atoms with van der Waals surface area (Å²) in [6.07, 6.45) is 1.04. The van der Waals surface area contributed by atoms with Gasteiger partial charge in [0.15, 0.2) is 0 Å². The van der Waals surface area contributed by atoms with Crippen molar-refractivity contribution in [2.24, 2.45) is 0 Å². The number of nitrogens with zero attached hydrogens (tertiary/aromatic N) is 1. The Kier molecular flexibility index (Phi) is 3.87. The highest BCUT2D eigenvalue weighted by molar-refractivity contribution is 5.91. The Bertz CT molecular complexity index is 422. The second-order valence-corrected chi connectivity index (χ2v) is 4.68. The minimum atomic E-state index is -0.308. The normalized spacial score (nSPS) is 19.8. The number of aryl methyl sites for hydroxylation is 2. The number of aliphatic hydroxyl groups is 1. The van der Waals surface area contributed by atoms with E-state index in [1.54, 1.807) is 4.90 Å². The summed E-state index contributed by atoms with van der Waals surface area (Å²) in [5, 5.41) is 9.13. The average Bonchev–Trinajstić information content (AvgIpc) is 2.32. The minimum Gasteiger partial charge on any atom is -0.449 e. The molecule has 1 N–H and O–H groups in total. The first-order valence-corrected chi connectivity index (χ1v) is 6.28. The van der Waals surface area contributed by atoms with Gasteiger partial charge in [0, 0.05) is 19.1 Å². The van der Waals surface area contributed by atoms with E-state index in [9.17, 15) is 4.79 Å². The first-order chi connectivity index (χ1) is 8.65. The molecule has 1 heterocycles. The van der Waals surface area contributed by atoms with Gasteiger partial charge in [-0.15, -0.1) is 0 Å². The largest absolute Gasteiger partial charge is 0.449 e. The number of rotatable bonds is 3. The number of ether oxygens (including phenoxy) is 1. The molecule has 0 aliphatic carbocycles. The van der Waals surface area contributed by atoms with Gasteiger partial charge in [-0.05, 0) is 31.4 Å². The summed E-state index contributed by atoms with van der Waals surface area (Å²) in [5.74, 6) is 0. The van der Waals surface area contributed by atoms with Crippen molar-refractivity contribution in [2.75, 3.05) is 18.1 Å². The molecule has 18 heavy (non-hydrogen) atoms. The van der Waals surface area contributed by atoms with E-state index in [2.05, 4.69) is 0 Å². The summed E-state index contributed by atoms with van der Waals surface area (Å²) in [6.45, 7) is 4.49. The molecule has 4 nitrogen and oxygen atoms in total. The second-order valence-electron chi connectivity index (χ2n) is 4.68. The predicted octanol–water partition coefficient (Wildman–Crippen LogP) is 2.40. The quantitative estimate of drug-likeness (QED) is 0.895. The molecule has 0 saturated carbocycles. The van der Waals surface area contributed by atoms with E-state index < -0.39 is 0 Å². The van der Waals surface area contributed by atoms with Crippen molar-refractivity contribution in [1.29, 1.82) is 0 Å². The molecule has 2 rings (SSSR count). The molecule has 1 aromatic rings. The summed E-state index contributed by atoms with van der Waals surface area (Å²) in [5.41, 5.74) is 3.02. The third-order valence-corrected chi connectivity index (χ3v) is 3.38. The molecule has 1 aromatic carbocycles. The van der Waals surface area contributed by atoms with Crippen LogP contribution in [0.4, 0.5) is 10.5 Å². The molecule has 1 unspecified atom stereocenters. The third kappa shape index (κ3) is 2.34. The van der Waals surface area contributed by atoms with Crippen LogP contribution in [0, 0.1) is 13.8 Å². The predicted molar refractivity (Wildman–Crippen MR) is 69.9 cm³/mol. The third-order valence-electron chi connectivity index (χ3n) is 3.38. The van der Waals surface area contributed by atoms with Crippen molar-refractivity contribution < 1.29 is 14.6 Å². The Hall–Kier alpha value is -1.55. The maximum atomic E-state index is 12.0. The van der Waals surface area contributed by atoms with Crippen molar-refractivity contribution >= 4 is 11.8 Å². The fourth-order valence-electron chi connectivity index (χ4n) is 2.51. The lowest BCUT2D eigenvalue weighted by Crippen LogP contribution is -2.47. The van der Waals surface area contributed by atoms with Gasteiger partial charge in [0.05, 0.1) is 12.3 Å². The molecule has 1 saturated heterocycles. The molecule has 1 aliphatic rings. The van der Waals surface area contributed by atoms with E-state index in [0.717, 1.165) is 23.2 Å². The van der Waals surface area contributed by atoms with Crippen LogP contribution in [0.25, 0.3) is 0 Å². The molecule has 1 fully saturated rings. The SMILES string of the molecule is Cc1cccc(C)c1N1C(=O)OCCC1CCO. The Morgan fingerprint density at radius 1 is 1.39 bits per heavy atom. The Balaban J connectivity index is 2.40. The number of cyclic esters (lactones) is 1. The molecule has 1 amide bonds. The fraction of sp³-hybridized carbons (Fsp3) is 0.500. The number of aliphatic hydroxyl groups excluding tert-OH is 1. The highest BCUT2D eigenvalue weighted by atomic mass is 16.6. The van der Waals surface area contributed by atoms with Crippen molar-refractivity contribution in [3.63, 3.8) is 0 Å². The van der Waals surface area contributed by atoms with Gasteiger partial charge in [-0.3, -0.25) is 4.90 Å². The Labute approximate surface area is 107 Å². The zero-order valence-corrected chi connectivity index (χ0v) is 10.8. The number of carbonyl (C=O) groups excluding carboxylic acids is 1. The number of para-hydroxylation sites is 1. The number of amides is 1. The van der Waals surface area contributed by atoms with E-state index in [1.165, 1.54) is 0 Å². The fourth-order valence-corrected chi connectivity index (χ4v) is 2.51. The van der Waals surface area contributed by atoms with E-state index in [1.807, 2.05) is 32.0 Å². The molecule has 4 heteroatoms. The zero-order valence-electron chi connectivity index (χ0n) is 10.8. The zero-order chi connectivity index (χ0) is 13.1. The molecular weight excluding hydrogens is 230 g/mol. The topological polar surface area (TPSA) is 49.8 Å². The highest BCUT2D eigenvalue weighted by Gasteiger charge is 2.32. The van der Waals surface area contributed by atoms with E-state index in [-0.39, 0.29) is 18.7 Å². The van der Waals surface area contributed by atoms with Gasteiger partial charge >= 0.3 is 6.09 Å². The maximum absolute atomic E-state index is 12.0. The first kappa shape index (κ1) is 12.9. The Morgan fingerprint density at radius 2 is 2.06 bits per heavy atom. The molecule has 98 valence electrons. The van der Waals surface area contributed by atoms with Crippen LogP contribution in [0.2, 0.25) is 0 Å².